The van der Waals surface area contributed by atoms with Crippen LogP contribution in [0, 0.1) is 13.8 Å². The Morgan fingerprint density at radius 1 is 1.18 bits per heavy atom. The number of nitrogens with one attached hydrogen (secondary N) is 1. The molecule has 0 bridgehead atoms. The minimum atomic E-state index is -0.481. The van der Waals surface area contributed by atoms with Crippen LogP contribution in [0.1, 0.15) is 37.5 Å². The topological polar surface area (TPSA) is 21.3 Å². The molecule has 0 saturated carbocycles. The summed E-state index contributed by atoms with van der Waals surface area (Å²) in [6.45, 7) is 10.2. The van der Waals surface area contributed by atoms with Crippen molar-refractivity contribution in [1.29, 1.82) is 0 Å². The van der Waals surface area contributed by atoms with Gasteiger partial charge < -0.3 is 0 Å². The highest BCUT2D eigenvalue weighted by Crippen LogP contribution is 2.29. The number of anilines is 1. The van der Waals surface area contributed by atoms with E-state index in [4.69, 9.17) is 4.84 Å². The second-order valence-corrected chi connectivity index (χ2v) is 5.37. The Labute approximate surface area is 103 Å². The number of aryl methyl sites for hydroxylation is 2. The van der Waals surface area contributed by atoms with Gasteiger partial charge in [0.25, 0.3) is 0 Å². The van der Waals surface area contributed by atoms with E-state index in [-0.39, 0.29) is 12.0 Å². The lowest BCUT2D eigenvalue weighted by atomic mass is 9.85. The second-order valence-electron chi connectivity index (χ2n) is 5.37. The van der Waals surface area contributed by atoms with E-state index in [0.717, 1.165) is 16.8 Å². The van der Waals surface area contributed by atoms with E-state index in [2.05, 4.69) is 38.4 Å². The van der Waals surface area contributed by atoms with Crippen LogP contribution in [-0.4, -0.2) is 13.3 Å². The van der Waals surface area contributed by atoms with Crippen molar-refractivity contribution in [3.63, 3.8) is 0 Å². The average molecular weight is 239 g/mol. The average Bonchev–Trinajstić information content (AvgIpc) is 2.20. The molecule has 1 rings (SSSR count). The Morgan fingerprint density at radius 3 is 2.12 bits per heavy atom. The molecular formula is C14H22FNO. The predicted octanol–water partition coefficient (Wildman–Crippen LogP) is 3.91. The number of benzene rings is 1. The van der Waals surface area contributed by atoms with Gasteiger partial charge in [0.15, 0.2) is 0 Å². The molecule has 1 aromatic rings. The maximum Gasteiger partial charge on any atom is 0.115 e. The third-order valence-corrected chi connectivity index (χ3v) is 2.75. The Hall–Kier alpha value is -1.09. The second kappa shape index (κ2) is 5.50. The number of hydrogen-bond acceptors (Lipinski definition) is 2. The Morgan fingerprint density at radius 2 is 1.71 bits per heavy atom. The molecular weight excluding hydrogens is 217 g/mol. The molecule has 0 aliphatic heterocycles. The predicted molar refractivity (Wildman–Crippen MR) is 70.2 cm³/mol. The molecule has 3 heteroatoms. The van der Waals surface area contributed by atoms with Crippen LogP contribution < -0.4 is 5.48 Å². The van der Waals surface area contributed by atoms with E-state index in [9.17, 15) is 4.39 Å². The maximum absolute atomic E-state index is 12.0. The normalized spacial score (nSPS) is 11.6. The van der Waals surface area contributed by atoms with Crippen LogP contribution in [0.25, 0.3) is 0 Å². The molecule has 0 fully saturated rings. The van der Waals surface area contributed by atoms with E-state index in [1.807, 2.05) is 13.8 Å². The highest BCUT2D eigenvalue weighted by Gasteiger charge is 2.16. The lowest BCUT2D eigenvalue weighted by Gasteiger charge is -2.22. The molecule has 0 radical (unpaired) electrons. The number of halogens is 1. The van der Waals surface area contributed by atoms with E-state index < -0.39 is 6.67 Å². The van der Waals surface area contributed by atoms with Crippen molar-refractivity contribution in [2.45, 2.75) is 40.0 Å². The fraction of sp³-hybridized carbons (Fsp3) is 0.571. The minimum absolute atomic E-state index is 0.0693. The van der Waals surface area contributed by atoms with Crippen LogP contribution in [0.3, 0.4) is 0 Å². The summed E-state index contributed by atoms with van der Waals surface area (Å²) in [5.74, 6) is 0. The molecule has 1 N–H and O–H groups in total. The molecule has 0 aromatic heterocycles. The summed E-state index contributed by atoms with van der Waals surface area (Å²) in [4.78, 5) is 5.03. The molecule has 0 heterocycles. The molecule has 0 unspecified atom stereocenters. The standard InChI is InChI=1S/C14H22FNO/c1-10-8-12(14(3,4)5)9-11(2)13(10)16-17-7-6-15/h8-9,16H,6-7H2,1-5H3. The first-order chi connectivity index (χ1) is 7.86. The van der Waals surface area contributed by atoms with E-state index >= 15 is 0 Å². The summed E-state index contributed by atoms with van der Waals surface area (Å²) < 4.78 is 12.0. The van der Waals surface area contributed by atoms with Crippen molar-refractivity contribution < 1.29 is 9.23 Å². The molecule has 1 aromatic carbocycles. The smallest absolute Gasteiger partial charge is 0.115 e. The number of alkyl halides is 1. The van der Waals surface area contributed by atoms with Gasteiger partial charge in [0.05, 0.1) is 5.69 Å². The fourth-order valence-corrected chi connectivity index (χ4v) is 1.72. The summed E-state index contributed by atoms with van der Waals surface area (Å²) in [5.41, 5.74) is 7.42. The lowest BCUT2D eigenvalue weighted by molar-refractivity contribution is 0.171. The van der Waals surface area contributed by atoms with Gasteiger partial charge in [-0.05, 0) is 36.0 Å². The Balaban J connectivity index is 2.95. The van der Waals surface area contributed by atoms with Crippen LogP contribution in [0.15, 0.2) is 12.1 Å². The van der Waals surface area contributed by atoms with Crippen LogP contribution in [0.2, 0.25) is 0 Å². The molecule has 0 spiro atoms. The molecule has 96 valence electrons. The van der Waals surface area contributed by atoms with Gasteiger partial charge in [-0.2, -0.15) is 0 Å². The lowest BCUT2D eigenvalue weighted by Crippen LogP contribution is -2.13. The van der Waals surface area contributed by atoms with E-state index in [1.165, 1.54) is 5.56 Å². The van der Waals surface area contributed by atoms with Crippen LogP contribution in [0.5, 0.6) is 0 Å². The summed E-state index contributed by atoms with van der Waals surface area (Å²) in [5, 5.41) is 0. The minimum Gasteiger partial charge on any atom is -0.273 e. The molecule has 0 aliphatic carbocycles. The molecule has 0 aliphatic rings. The zero-order chi connectivity index (χ0) is 13.1. The first-order valence-corrected chi connectivity index (χ1v) is 5.91. The quantitative estimate of drug-likeness (QED) is 0.635. The zero-order valence-corrected chi connectivity index (χ0v) is 11.4. The maximum atomic E-state index is 12.0. The van der Waals surface area contributed by atoms with E-state index in [0.29, 0.717) is 0 Å². The molecule has 0 atom stereocenters. The fourth-order valence-electron chi connectivity index (χ4n) is 1.72. The Kier molecular flexibility index (Phi) is 4.52. The first-order valence-electron chi connectivity index (χ1n) is 5.91. The SMILES string of the molecule is Cc1cc(C(C)(C)C)cc(C)c1NOCCF. The number of hydrogen-bond donors (Lipinski definition) is 1. The van der Waals surface area contributed by atoms with Gasteiger partial charge in [0.1, 0.15) is 13.3 Å². The molecule has 2 nitrogen and oxygen atoms in total. The molecule has 17 heavy (non-hydrogen) atoms. The largest absolute Gasteiger partial charge is 0.273 e. The van der Waals surface area contributed by atoms with Gasteiger partial charge in [-0.25, -0.2) is 4.39 Å². The van der Waals surface area contributed by atoms with Crippen LogP contribution in [0.4, 0.5) is 10.1 Å². The molecule has 0 amide bonds. The van der Waals surface area contributed by atoms with Crippen molar-refractivity contribution in [2.75, 3.05) is 18.8 Å². The van der Waals surface area contributed by atoms with Crippen LogP contribution in [-0.2, 0) is 10.3 Å². The van der Waals surface area contributed by atoms with Crippen molar-refractivity contribution in [2.24, 2.45) is 0 Å². The summed E-state index contributed by atoms with van der Waals surface area (Å²) >= 11 is 0. The number of rotatable bonds is 4. The third kappa shape index (κ3) is 3.70. The Bertz CT molecular complexity index is 359. The monoisotopic (exact) mass is 239 g/mol. The van der Waals surface area contributed by atoms with Crippen LogP contribution >= 0.6 is 0 Å². The first kappa shape index (κ1) is 14.0. The highest BCUT2D eigenvalue weighted by molar-refractivity contribution is 5.57. The van der Waals surface area contributed by atoms with Crippen molar-refractivity contribution >= 4 is 5.69 Å². The van der Waals surface area contributed by atoms with Gasteiger partial charge in [-0.1, -0.05) is 32.9 Å². The van der Waals surface area contributed by atoms with Crippen molar-refractivity contribution in [3.05, 3.63) is 28.8 Å². The summed E-state index contributed by atoms with van der Waals surface area (Å²) in [7, 11) is 0. The van der Waals surface area contributed by atoms with Gasteiger partial charge in [-0.3, -0.25) is 10.3 Å². The zero-order valence-electron chi connectivity index (χ0n) is 11.4. The van der Waals surface area contributed by atoms with Crippen molar-refractivity contribution in [1.82, 2.24) is 0 Å². The third-order valence-electron chi connectivity index (χ3n) is 2.75. The summed E-state index contributed by atoms with van der Waals surface area (Å²) in [6.07, 6.45) is 0. The van der Waals surface area contributed by atoms with Crippen molar-refractivity contribution in [3.8, 4) is 0 Å². The van der Waals surface area contributed by atoms with E-state index in [1.54, 1.807) is 0 Å². The molecule has 0 saturated heterocycles. The van der Waals surface area contributed by atoms with Gasteiger partial charge in [0, 0.05) is 0 Å². The van der Waals surface area contributed by atoms with Gasteiger partial charge >= 0.3 is 0 Å². The summed E-state index contributed by atoms with van der Waals surface area (Å²) in [6, 6.07) is 4.29. The van der Waals surface area contributed by atoms with Gasteiger partial charge in [0.2, 0.25) is 0 Å². The van der Waals surface area contributed by atoms with Gasteiger partial charge in [-0.15, -0.1) is 0 Å². The highest BCUT2D eigenvalue weighted by atomic mass is 19.1.